The Bertz CT molecular complexity index is 617. The summed E-state index contributed by atoms with van der Waals surface area (Å²) in [6.45, 7) is 1.02. The highest BCUT2D eigenvalue weighted by Crippen LogP contribution is 2.31. The van der Waals surface area contributed by atoms with Crippen molar-refractivity contribution in [1.82, 2.24) is 4.90 Å². The summed E-state index contributed by atoms with van der Waals surface area (Å²) < 4.78 is 11.1. The molecule has 1 amide bonds. The SMILES string of the molecule is O=C(OCC(=O)N1CCO[C@@H]2CCCC[C@H]21)c1cc2c(s1)CCC2. The number of fused-ring (bicyclic) bond motifs is 2. The second-order valence-corrected chi connectivity index (χ2v) is 7.97. The maximum atomic E-state index is 12.5. The molecule has 2 heterocycles. The van der Waals surface area contributed by atoms with Crippen molar-refractivity contribution in [2.24, 2.45) is 0 Å². The predicted molar refractivity (Wildman–Crippen MR) is 90.3 cm³/mol. The van der Waals surface area contributed by atoms with E-state index in [2.05, 4.69) is 0 Å². The number of hydrogen-bond acceptors (Lipinski definition) is 5. The fraction of sp³-hybridized carbons (Fsp3) is 0.667. The van der Waals surface area contributed by atoms with Gasteiger partial charge in [-0.3, -0.25) is 4.79 Å². The molecule has 2 aliphatic carbocycles. The highest BCUT2D eigenvalue weighted by molar-refractivity contribution is 7.14. The average Bonchev–Trinajstić information content (AvgIpc) is 3.20. The minimum atomic E-state index is -0.365. The number of carbonyl (C=O) groups is 2. The molecular formula is C18H23NO4S. The van der Waals surface area contributed by atoms with Crippen LogP contribution in [0, 0.1) is 0 Å². The second-order valence-electron chi connectivity index (χ2n) is 6.84. The lowest BCUT2D eigenvalue weighted by molar-refractivity contribution is -0.152. The Morgan fingerprint density at radius 2 is 2.12 bits per heavy atom. The molecule has 0 bridgehead atoms. The van der Waals surface area contributed by atoms with Gasteiger partial charge in [0.1, 0.15) is 4.88 Å². The van der Waals surface area contributed by atoms with Crippen molar-refractivity contribution in [2.45, 2.75) is 57.1 Å². The van der Waals surface area contributed by atoms with Crippen LogP contribution in [-0.2, 0) is 27.1 Å². The van der Waals surface area contributed by atoms with Crippen molar-refractivity contribution < 1.29 is 19.1 Å². The van der Waals surface area contributed by atoms with Gasteiger partial charge in [0.05, 0.1) is 18.8 Å². The van der Waals surface area contributed by atoms with E-state index in [4.69, 9.17) is 9.47 Å². The molecule has 0 unspecified atom stereocenters. The van der Waals surface area contributed by atoms with E-state index in [0.717, 1.165) is 32.1 Å². The second kappa shape index (κ2) is 6.84. The Balaban J connectivity index is 1.34. The van der Waals surface area contributed by atoms with Crippen LogP contribution in [0.15, 0.2) is 6.07 Å². The van der Waals surface area contributed by atoms with Crippen LogP contribution in [0.5, 0.6) is 0 Å². The number of esters is 1. The van der Waals surface area contributed by atoms with Crippen molar-refractivity contribution in [3.8, 4) is 0 Å². The molecule has 130 valence electrons. The Morgan fingerprint density at radius 3 is 3.00 bits per heavy atom. The van der Waals surface area contributed by atoms with Crippen LogP contribution in [0.1, 0.15) is 52.2 Å². The number of hydrogen-bond donors (Lipinski definition) is 0. The lowest BCUT2D eigenvalue weighted by Gasteiger charge is -2.43. The molecule has 1 aromatic heterocycles. The number of amides is 1. The molecule has 2 atom stereocenters. The molecule has 1 saturated heterocycles. The summed E-state index contributed by atoms with van der Waals surface area (Å²) in [4.78, 5) is 28.5. The summed E-state index contributed by atoms with van der Waals surface area (Å²) in [7, 11) is 0. The van der Waals surface area contributed by atoms with Crippen molar-refractivity contribution in [1.29, 1.82) is 0 Å². The molecule has 1 aliphatic heterocycles. The van der Waals surface area contributed by atoms with Gasteiger partial charge in [-0.2, -0.15) is 0 Å². The molecule has 1 aromatic rings. The summed E-state index contributed by atoms with van der Waals surface area (Å²) in [5.41, 5.74) is 1.27. The first kappa shape index (κ1) is 16.1. The molecule has 0 spiro atoms. The number of rotatable bonds is 3. The van der Waals surface area contributed by atoms with Gasteiger partial charge in [0.2, 0.25) is 0 Å². The number of ether oxygens (including phenoxy) is 2. The monoisotopic (exact) mass is 349 g/mol. The zero-order valence-electron chi connectivity index (χ0n) is 13.8. The van der Waals surface area contributed by atoms with Crippen LogP contribution in [0.25, 0.3) is 0 Å². The van der Waals surface area contributed by atoms with Crippen LogP contribution < -0.4 is 0 Å². The average molecular weight is 349 g/mol. The van der Waals surface area contributed by atoms with E-state index in [9.17, 15) is 9.59 Å². The Morgan fingerprint density at radius 1 is 1.25 bits per heavy atom. The Hall–Kier alpha value is -1.40. The topological polar surface area (TPSA) is 55.8 Å². The summed E-state index contributed by atoms with van der Waals surface area (Å²) in [5.74, 6) is -0.455. The standard InChI is InChI=1S/C18H23NO4S/c20-17(19-8-9-22-14-6-2-1-5-13(14)19)11-23-18(21)16-10-12-4-3-7-15(12)24-16/h10,13-14H,1-9,11H2/t13-,14-/m1/s1. The van der Waals surface area contributed by atoms with Crippen molar-refractivity contribution in [2.75, 3.05) is 19.8 Å². The van der Waals surface area contributed by atoms with E-state index >= 15 is 0 Å². The number of morpholine rings is 1. The largest absolute Gasteiger partial charge is 0.451 e. The van der Waals surface area contributed by atoms with Gasteiger partial charge < -0.3 is 14.4 Å². The van der Waals surface area contributed by atoms with E-state index in [1.54, 1.807) is 0 Å². The van der Waals surface area contributed by atoms with Gasteiger partial charge in [-0.1, -0.05) is 12.8 Å². The number of aryl methyl sites for hydroxylation is 2. The van der Waals surface area contributed by atoms with Crippen LogP contribution in [-0.4, -0.2) is 48.7 Å². The molecule has 1 saturated carbocycles. The van der Waals surface area contributed by atoms with Crippen LogP contribution in [0.4, 0.5) is 0 Å². The van der Waals surface area contributed by atoms with Gasteiger partial charge in [0, 0.05) is 11.4 Å². The van der Waals surface area contributed by atoms with Gasteiger partial charge in [-0.05, 0) is 43.7 Å². The van der Waals surface area contributed by atoms with E-state index in [1.165, 1.54) is 34.6 Å². The summed E-state index contributed by atoms with van der Waals surface area (Å²) in [6.07, 6.45) is 7.76. The fourth-order valence-electron chi connectivity index (χ4n) is 4.12. The first-order valence-electron chi connectivity index (χ1n) is 8.92. The van der Waals surface area contributed by atoms with Gasteiger partial charge in [-0.25, -0.2) is 4.79 Å². The van der Waals surface area contributed by atoms with Gasteiger partial charge in [0.25, 0.3) is 5.91 Å². The van der Waals surface area contributed by atoms with Crippen LogP contribution >= 0.6 is 11.3 Å². The normalized spacial score (nSPS) is 25.9. The van der Waals surface area contributed by atoms with Crippen LogP contribution in [0.3, 0.4) is 0 Å². The van der Waals surface area contributed by atoms with E-state index in [1.807, 2.05) is 11.0 Å². The number of nitrogens with zero attached hydrogens (tertiary/aromatic N) is 1. The third-order valence-corrected chi connectivity index (χ3v) is 6.54. The third kappa shape index (κ3) is 3.09. The number of thiophene rings is 1. The third-order valence-electron chi connectivity index (χ3n) is 5.33. The van der Waals surface area contributed by atoms with Crippen molar-refractivity contribution in [3.05, 3.63) is 21.4 Å². The zero-order chi connectivity index (χ0) is 16.5. The molecule has 5 nitrogen and oxygen atoms in total. The highest BCUT2D eigenvalue weighted by Gasteiger charge is 2.36. The molecule has 2 fully saturated rings. The quantitative estimate of drug-likeness (QED) is 0.787. The maximum absolute atomic E-state index is 12.5. The molecule has 0 aromatic carbocycles. The highest BCUT2D eigenvalue weighted by atomic mass is 32.1. The van der Waals surface area contributed by atoms with Crippen LogP contribution in [0.2, 0.25) is 0 Å². The van der Waals surface area contributed by atoms with Gasteiger partial charge in [0.15, 0.2) is 6.61 Å². The summed E-state index contributed by atoms with van der Waals surface area (Å²) in [5, 5.41) is 0. The van der Waals surface area contributed by atoms with Gasteiger partial charge in [-0.15, -0.1) is 11.3 Å². The molecule has 0 N–H and O–H groups in total. The lowest BCUT2D eigenvalue weighted by Crippen LogP contribution is -2.55. The van der Waals surface area contributed by atoms with Crippen molar-refractivity contribution in [3.63, 3.8) is 0 Å². The molecule has 3 aliphatic rings. The van der Waals surface area contributed by atoms with E-state index in [0.29, 0.717) is 18.0 Å². The first-order chi connectivity index (χ1) is 11.7. The first-order valence-corrected chi connectivity index (χ1v) is 9.74. The van der Waals surface area contributed by atoms with E-state index in [-0.39, 0.29) is 30.6 Å². The smallest absolute Gasteiger partial charge is 0.348 e. The van der Waals surface area contributed by atoms with Crippen molar-refractivity contribution >= 4 is 23.2 Å². The molecule has 4 rings (SSSR count). The Kier molecular flexibility index (Phi) is 4.59. The predicted octanol–water partition coefficient (Wildman–Crippen LogP) is 2.56. The molecule has 6 heteroatoms. The molecule has 0 radical (unpaired) electrons. The fourth-order valence-corrected chi connectivity index (χ4v) is 5.26. The summed E-state index contributed by atoms with van der Waals surface area (Å²) >= 11 is 1.52. The molecular weight excluding hydrogens is 326 g/mol. The van der Waals surface area contributed by atoms with E-state index < -0.39 is 0 Å². The zero-order valence-corrected chi connectivity index (χ0v) is 14.6. The maximum Gasteiger partial charge on any atom is 0.348 e. The van der Waals surface area contributed by atoms with Gasteiger partial charge >= 0.3 is 5.97 Å². The Labute approximate surface area is 145 Å². The minimum Gasteiger partial charge on any atom is -0.451 e. The lowest BCUT2D eigenvalue weighted by atomic mass is 9.90. The minimum absolute atomic E-state index is 0.0901. The molecule has 24 heavy (non-hydrogen) atoms. The number of carbonyl (C=O) groups excluding carboxylic acids is 2. The summed E-state index contributed by atoms with van der Waals surface area (Å²) in [6, 6.07) is 2.09.